The van der Waals surface area contributed by atoms with E-state index in [1.807, 2.05) is 4.90 Å². The van der Waals surface area contributed by atoms with E-state index in [1.54, 1.807) is 25.2 Å². The average Bonchev–Trinajstić information content (AvgIpc) is 2.96. The van der Waals surface area contributed by atoms with E-state index >= 15 is 0 Å². The van der Waals surface area contributed by atoms with Crippen LogP contribution in [0, 0.1) is 5.92 Å². The normalized spacial score (nSPS) is 20.7. The van der Waals surface area contributed by atoms with Crippen molar-refractivity contribution in [3.8, 4) is 0 Å². The topological polar surface area (TPSA) is 88.3 Å². The van der Waals surface area contributed by atoms with Gasteiger partial charge in [-0.2, -0.15) is 5.10 Å². The maximum Gasteiger partial charge on any atom is 0.309 e. The maximum absolute atomic E-state index is 11.6. The van der Waals surface area contributed by atoms with Gasteiger partial charge in [-0.25, -0.2) is 4.68 Å². The van der Waals surface area contributed by atoms with E-state index in [1.165, 1.54) is 16.9 Å². The molecule has 120 valence electrons. The Hall–Kier alpha value is -2.41. The van der Waals surface area contributed by atoms with Crippen LogP contribution in [-0.2, 0) is 11.8 Å². The first-order valence-electron chi connectivity index (χ1n) is 7.09. The zero-order valence-electron chi connectivity index (χ0n) is 12.4. The summed E-state index contributed by atoms with van der Waals surface area (Å²) in [5.74, 6) is -1.15. The molecule has 0 unspecified atom stereocenters. The number of hydrogen-bond acceptors (Lipinski definition) is 5. The molecule has 2 aromatic heterocycles. The van der Waals surface area contributed by atoms with E-state index in [2.05, 4.69) is 10.1 Å². The third kappa shape index (κ3) is 3.05. The Labute approximate surface area is 137 Å². The molecular weight excluding hydrogens is 320 g/mol. The van der Waals surface area contributed by atoms with Gasteiger partial charge in [0.15, 0.2) is 0 Å². The van der Waals surface area contributed by atoms with E-state index in [0.717, 1.165) is 0 Å². The van der Waals surface area contributed by atoms with Gasteiger partial charge < -0.3 is 10.0 Å². The van der Waals surface area contributed by atoms with Crippen molar-refractivity contribution < 1.29 is 9.90 Å². The van der Waals surface area contributed by atoms with E-state index in [9.17, 15) is 14.7 Å². The number of anilines is 1. The van der Waals surface area contributed by atoms with Gasteiger partial charge in [0.1, 0.15) is 5.82 Å². The molecule has 3 heterocycles. The first-order chi connectivity index (χ1) is 11.0. The van der Waals surface area contributed by atoms with Crippen LogP contribution in [0.3, 0.4) is 0 Å². The number of carbonyl (C=O) groups is 1. The number of pyridine rings is 1. The van der Waals surface area contributed by atoms with Crippen molar-refractivity contribution in [1.82, 2.24) is 14.8 Å². The summed E-state index contributed by atoms with van der Waals surface area (Å²) in [6, 6.07) is 6.49. The van der Waals surface area contributed by atoms with Crippen molar-refractivity contribution in [3.05, 3.63) is 51.5 Å². The first-order valence-corrected chi connectivity index (χ1v) is 7.47. The zero-order valence-corrected chi connectivity index (χ0v) is 13.1. The van der Waals surface area contributed by atoms with Crippen LogP contribution in [0.1, 0.15) is 11.6 Å². The number of rotatable bonds is 3. The van der Waals surface area contributed by atoms with Crippen molar-refractivity contribution in [1.29, 1.82) is 0 Å². The van der Waals surface area contributed by atoms with Crippen molar-refractivity contribution in [2.45, 2.75) is 5.92 Å². The number of halogens is 1. The Morgan fingerprint density at radius 1 is 1.30 bits per heavy atom. The largest absolute Gasteiger partial charge is 0.481 e. The lowest BCUT2D eigenvalue weighted by Crippen LogP contribution is -2.27. The minimum absolute atomic E-state index is 0.210. The fraction of sp³-hybridized carbons (Fsp3) is 0.333. The number of hydrogen-bond donors (Lipinski definition) is 1. The number of carboxylic acid groups (broad SMARTS) is 1. The molecule has 3 rings (SSSR count). The number of carboxylic acids is 1. The van der Waals surface area contributed by atoms with Gasteiger partial charge in [0.2, 0.25) is 0 Å². The summed E-state index contributed by atoms with van der Waals surface area (Å²) in [4.78, 5) is 29.2. The van der Waals surface area contributed by atoms with Gasteiger partial charge in [-0.15, -0.1) is 0 Å². The monoisotopic (exact) mass is 334 g/mol. The van der Waals surface area contributed by atoms with Crippen molar-refractivity contribution in [2.75, 3.05) is 18.0 Å². The number of aromatic nitrogens is 3. The Morgan fingerprint density at radius 3 is 2.70 bits per heavy atom. The molecule has 0 aromatic carbocycles. The van der Waals surface area contributed by atoms with Gasteiger partial charge in [-0.1, -0.05) is 11.6 Å². The van der Waals surface area contributed by atoms with Gasteiger partial charge in [0.25, 0.3) is 5.56 Å². The lowest BCUT2D eigenvalue weighted by Gasteiger charge is -2.17. The summed E-state index contributed by atoms with van der Waals surface area (Å²) < 4.78 is 1.24. The molecule has 1 saturated heterocycles. The molecule has 7 nitrogen and oxygen atoms in total. The minimum Gasteiger partial charge on any atom is -0.481 e. The van der Waals surface area contributed by atoms with Crippen LogP contribution in [0.2, 0.25) is 5.02 Å². The molecule has 2 aromatic rings. The lowest BCUT2D eigenvalue weighted by atomic mass is 9.93. The van der Waals surface area contributed by atoms with Crippen molar-refractivity contribution in [2.24, 2.45) is 13.0 Å². The predicted octanol–water partition coefficient (Wildman–Crippen LogP) is 1.13. The fourth-order valence-electron chi connectivity index (χ4n) is 2.81. The maximum atomic E-state index is 11.6. The molecule has 0 spiro atoms. The summed E-state index contributed by atoms with van der Waals surface area (Å²) >= 11 is 5.84. The number of nitrogens with zero attached hydrogens (tertiary/aromatic N) is 4. The molecule has 1 N–H and O–H groups in total. The summed E-state index contributed by atoms with van der Waals surface area (Å²) in [5.41, 5.74) is 0.479. The Morgan fingerprint density at radius 2 is 2.09 bits per heavy atom. The van der Waals surface area contributed by atoms with E-state index in [4.69, 9.17) is 11.6 Å². The van der Waals surface area contributed by atoms with Crippen LogP contribution < -0.4 is 10.5 Å². The minimum atomic E-state index is -0.876. The number of aryl methyl sites for hydroxylation is 1. The third-order valence-electron chi connectivity index (χ3n) is 4.04. The lowest BCUT2D eigenvalue weighted by molar-refractivity contribution is -0.141. The molecule has 0 aliphatic carbocycles. The second kappa shape index (κ2) is 6.00. The van der Waals surface area contributed by atoms with Crippen LogP contribution in [0.25, 0.3) is 0 Å². The predicted molar refractivity (Wildman–Crippen MR) is 84.8 cm³/mol. The highest BCUT2D eigenvalue weighted by atomic mass is 35.5. The van der Waals surface area contributed by atoms with Gasteiger partial charge in [-0.05, 0) is 18.2 Å². The van der Waals surface area contributed by atoms with Crippen LogP contribution in [-0.4, -0.2) is 38.9 Å². The molecule has 1 aliphatic heterocycles. The van der Waals surface area contributed by atoms with Crippen molar-refractivity contribution >= 4 is 23.4 Å². The zero-order chi connectivity index (χ0) is 16.6. The van der Waals surface area contributed by atoms with Gasteiger partial charge >= 0.3 is 5.97 Å². The third-order valence-corrected chi connectivity index (χ3v) is 4.26. The SMILES string of the molecule is Cn1nc(N2C[C@H](c3ccc(Cl)cn3)[C@H](C(=O)O)C2)ccc1=O. The number of aliphatic carboxylic acids is 1. The summed E-state index contributed by atoms with van der Waals surface area (Å²) in [7, 11) is 1.56. The second-order valence-electron chi connectivity index (χ2n) is 5.51. The molecule has 23 heavy (non-hydrogen) atoms. The molecular formula is C15H15ClN4O3. The van der Waals surface area contributed by atoms with Crippen LogP contribution in [0.5, 0.6) is 0 Å². The van der Waals surface area contributed by atoms with Gasteiger partial charge in [0.05, 0.1) is 10.9 Å². The fourth-order valence-corrected chi connectivity index (χ4v) is 2.92. The smallest absolute Gasteiger partial charge is 0.309 e. The Bertz CT molecular complexity index is 790. The average molecular weight is 335 g/mol. The molecule has 0 saturated carbocycles. The Balaban J connectivity index is 1.91. The molecule has 8 heteroatoms. The highest BCUT2D eigenvalue weighted by Gasteiger charge is 2.40. The molecule has 0 radical (unpaired) electrons. The highest BCUT2D eigenvalue weighted by molar-refractivity contribution is 6.30. The van der Waals surface area contributed by atoms with Crippen LogP contribution >= 0.6 is 11.6 Å². The first kappa shape index (κ1) is 15.5. The standard InChI is InChI=1S/C15H15ClN4O3/c1-19-14(21)5-4-13(18-19)20-7-10(11(8-20)15(22)23)12-3-2-9(16)6-17-12/h2-6,10-11H,7-8H2,1H3,(H,22,23)/t10-,11+/m0/s1. The van der Waals surface area contributed by atoms with Crippen LogP contribution in [0.15, 0.2) is 35.3 Å². The van der Waals surface area contributed by atoms with E-state index in [0.29, 0.717) is 29.6 Å². The highest BCUT2D eigenvalue weighted by Crippen LogP contribution is 2.34. The summed E-state index contributed by atoms with van der Waals surface area (Å²) in [6.45, 7) is 0.784. The van der Waals surface area contributed by atoms with Gasteiger partial charge in [-0.3, -0.25) is 14.6 Å². The Kier molecular flexibility index (Phi) is 4.04. The summed E-state index contributed by atoms with van der Waals surface area (Å²) in [5, 5.41) is 14.2. The second-order valence-corrected chi connectivity index (χ2v) is 5.95. The molecule has 2 atom stereocenters. The van der Waals surface area contributed by atoms with E-state index < -0.39 is 11.9 Å². The summed E-state index contributed by atoms with van der Waals surface area (Å²) in [6.07, 6.45) is 1.52. The van der Waals surface area contributed by atoms with Crippen molar-refractivity contribution in [3.63, 3.8) is 0 Å². The molecule has 0 amide bonds. The molecule has 0 bridgehead atoms. The molecule has 1 fully saturated rings. The van der Waals surface area contributed by atoms with Crippen LogP contribution in [0.4, 0.5) is 5.82 Å². The van der Waals surface area contributed by atoms with E-state index in [-0.39, 0.29) is 11.5 Å². The van der Waals surface area contributed by atoms with Gasteiger partial charge in [0, 0.05) is 44.0 Å². The molecule has 1 aliphatic rings. The quantitative estimate of drug-likeness (QED) is 0.905.